The molecule has 0 spiro atoms. The second-order valence-corrected chi connectivity index (χ2v) is 6.88. The molecule has 1 saturated carbocycles. The SMILES string of the molecule is O=C(O)CN(CC(=O)O)C1CCCC[C@@H]1N(CC(=O)O)Cc1ncccc1O.[Mn+2]. The van der Waals surface area contributed by atoms with Gasteiger partial charge in [-0.15, -0.1) is 0 Å². The fraction of sp³-hybridized carbons (Fsp3) is 0.556. The first kappa shape index (κ1) is 24.8. The quantitative estimate of drug-likeness (QED) is 0.370. The molecule has 1 aromatic rings. The molecule has 11 heteroatoms. The van der Waals surface area contributed by atoms with Gasteiger partial charge in [-0.25, -0.2) is 0 Å². The molecular weight excluding hydrogens is 425 g/mol. The van der Waals surface area contributed by atoms with Crippen LogP contribution in [0.1, 0.15) is 31.4 Å². The van der Waals surface area contributed by atoms with Crippen molar-refractivity contribution >= 4 is 17.9 Å². The summed E-state index contributed by atoms with van der Waals surface area (Å²) in [4.78, 5) is 41.0. The van der Waals surface area contributed by atoms with Gasteiger partial charge in [0.15, 0.2) is 0 Å². The molecule has 0 amide bonds. The van der Waals surface area contributed by atoms with Crippen molar-refractivity contribution in [3.05, 3.63) is 24.0 Å². The predicted octanol–water partition coefficient (Wildman–Crippen LogP) is 0.454. The van der Waals surface area contributed by atoms with E-state index in [2.05, 4.69) is 4.98 Å². The van der Waals surface area contributed by atoms with E-state index in [1.165, 1.54) is 17.2 Å². The molecule has 1 fully saturated rings. The normalized spacial score (nSPS) is 19.0. The van der Waals surface area contributed by atoms with E-state index in [0.717, 1.165) is 12.8 Å². The first-order chi connectivity index (χ1) is 13.3. The van der Waals surface area contributed by atoms with Gasteiger partial charge in [0.2, 0.25) is 0 Å². The molecule has 1 unspecified atom stereocenters. The average Bonchev–Trinajstić information content (AvgIpc) is 2.61. The summed E-state index contributed by atoms with van der Waals surface area (Å²) in [5.41, 5.74) is 0.316. The fourth-order valence-electron chi connectivity index (χ4n) is 3.79. The smallest absolute Gasteiger partial charge is 0.506 e. The maximum atomic E-state index is 11.4. The maximum absolute atomic E-state index is 11.4. The van der Waals surface area contributed by atoms with Gasteiger partial charge in [0.05, 0.1) is 25.3 Å². The molecular formula is C18H25MnN3O7+2. The average molecular weight is 450 g/mol. The third kappa shape index (κ3) is 7.62. The molecule has 0 bridgehead atoms. The number of aromatic hydroxyl groups is 1. The van der Waals surface area contributed by atoms with Crippen molar-refractivity contribution < 1.29 is 51.9 Å². The number of carboxylic acids is 3. The Morgan fingerprint density at radius 3 is 1.90 bits per heavy atom. The summed E-state index contributed by atoms with van der Waals surface area (Å²) in [6, 6.07) is 2.22. The molecule has 1 radical (unpaired) electrons. The molecule has 0 aliphatic heterocycles. The Morgan fingerprint density at radius 1 is 0.931 bits per heavy atom. The van der Waals surface area contributed by atoms with Crippen LogP contribution in [-0.2, 0) is 38.0 Å². The molecule has 4 N–H and O–H groups in total. The summed E-state index contributed by atoms with van der Waals surface area (Å²) in [6.07, 6.45) is 4.27. The zero-order valence-corrected chi connectivity index (χ0v) is 17.0. The molecule has 1 aliphatic rings. The van der Waals surface area contributed by atoms with E-state index < -0.39 is 37.0 Å². The van der Waals surface area contributed by atoms with Gasteiger partial charge in [0.1, 0.15) is 5.75 Å². The molecule has 29 heavy (non-hydrogen) atoms. The minimum absolute atomic E-state index is 0. The third-order valence-corrected chi connectivity index (χ3v) is 4.87. The Labute approximate surface area is 178 Å². The topological polar surface area (TPSA) is 152 Å². The third-order valence-electron chi connectivity index (χ3n) is 4.87. The Hall–Kier alpha value is -2.20. The van der Waals surface area contributed by atoms with Crippen LogP contribution in [-0.4, -0.2) is 84.8 Å². The molecule has 2 rings (SSSR count). The standard InChI is InChI=1S/C18H25N3O7.Mn/c22-15-6-3-7-19-12(15)8-20(9-16(23)24)13-4-1-2-5-14(13)21(10-17(25)26)11-18(27)28;/h3,6-7,13-14,22H,1-2,4-5,8-11H2,(H,23,24)(H,25,26)(H,27,28);/q;+2/t13-,14?;/m0./s1. The number of aliphatic carboxylic acids is 3. The van der Waals surface area contributed by atoms with Crippen molar-refractivity contribution in [3.8, 4) is 5.75 Å². The fourth-order valence-corrected chi connectivity index (χ4v) is 3.79. The van der Waals surface area contributed by atoms with E-state index in [1.807, 2.05) is 0 Å². The molecule has 1 heterocycles. The summed E-state index contributed by atoms with van der Waals surface area (Å²) < 4.78 is 0. The Bertz CT molecular complexity index is 702. The van der Waals surface area contributed by atoms with E-state index in [9.17, 15) is 34.8 Å². The van der Waals surface area contributed by atoms with Crippen molar-refractivity contribution in [1.29, 1.82) is 0 Å². The monoisotopic (exact) mass is 450 g/mol. The Morgan fingerprint density at radius 2 is 1.41 bits per heavy atom. The number of carbonyl (C=O) groups is 3. The largest absolute Gasteiger partial charge is 2.00 e. The zero-order chi connectivity index (χ0) is 20.7. The van der Waals surface area contributed by atoms with Crippen LogP contribution in [0.3, 0.4) is 0 Å². The van der Waals surface area contributed by atoms with Gasteiger partial charge < -0.3 is 20.4 Å². The van der Waals surface area contributed by atoms with E-state index in [4.69, 9.17) is 0 Å². The molecule has 159 valence electrons. The number of hydrogen-bond donors (Lipinski definition) is 4. The van der Waals surface area contributed by atoms with E-state index in [-0.39, 0.29) is 41.9 Å². The maximum Gasteiger partial charge on any atom is 2.00 e. The van der Waals surface area contributed by atoms with Crippen molar-refractivity contribution in [1.82, 2.24) is 14.8 Å². The van der Waals surface area contributed by atoms with Gasteiger partial charge >= 0.3 is 35.0 Å². The van der Waals surface area contributed by atoms with Gasteiger partial charge in [-0.3, -0.25) is 29.2 Å². The summed E-state index contributed by atoms with van der Waals surface area (Å²) in [7, 11) is 0. The van der Waals surface area contributed by atoms with Crippen LogP contribution in [0.5, 0.6) is 5.75 Å². The molecule has 0 saturated heterocycles. The van der Waals surface area contributed by atoms with E-state index in [0.29, 0.717) is 18.5 Å². The number of hydrogen-bond acceptors (Lipinski definition) is 7. The van der Waals surface area contributed by atoms with Crippen LogP contribution in [0.15, 0.2) is 18.3 Å². The first-order valence-corrected chi connectivity index (χ1v) is 9.04. The molecule has 10 nitrogen and oxygen atoms in total. The molecule has 2 atom stereocenters. The summed E-state index contributed by atoms with van der Waals surface area (Å²) in [5.74, 6) is -3.41. The second kappa shape index (κ2) is 11.7. The summed E-state index contributed by atoms with van der Waals surface area (Å²) >= 11 is 0. The zero-order valence-electron chi connectivity index (χ0n) is 15.8. The van der Waals surface area contributed by atoms with Crippen LogP contribution >= 0.6 is 0 Å². The van der Waals surface area contributed by atoms with Gasteiger partial charge in [-0.1, -0.05) is 12.8 Å². The Balaban J connectivity index is 0.00000420. The molecule has 1 aliphatic carbocycles. The minimum atomic E-state index is -1.14. The number of nitrogens with zero attached hydrogens (tertiary/aromatic N) is 3. The number of aromatic nitrogens is 1. The van der Waals surface area contributed by atoms with Crippen molar-refractivity contribution in [2.45, 2.75) is 44.3 Å². The number of rotatable bonds is 10. The van der Waals surface area contributed by atoms with E-state index >= 15 is 0 Å². The van der Waals surface area contributed by atoms with Gasteiger partial charge in [-0.05, 0) is 25.0 Å². The van der Waals surface area contributed by atoms with Crippen molar-refractivity contribution in [2.75, 3.05) is 19.6 Å². The first-order valence-electron chi connectivity index (χ1n) is 9.04. The molecule has 0 aromatic carbocycles. The molecule has 1 aromatic heterocycles. The minimum Gasteiger partial charge on any atom is -0.506 e. The predicted molar refractivity (Wildman–Crippen MR) is 96.8 cm³/mol. The number of pyridine rings is 1. The van der Waals surface area contributed by atoms with Crippen LogP contribution in [0.2, 0.25) is 0 Å². The van der Waals surface area contributed by atoms with Crippen molar-refractivity contribution in [2.24, 2.45) is 0 Å². The second-order valence-electron chi connectivity index (χ2n) is 6.88. The Kier molecular flexibility index (Phi) is 10.0. The number of carboxylic acid groups (broad SMARTS) is 3. The van der Waals surface area contributed by atoms with Gasteiger partial charge in [-0.2, -0.15) is 0 Å². The van der Waals surface area contributed by atoms with Gasteiger partial charge in [0, 0.05) is 24.8 Å². The summed E-state index contributed by atoms with van der Waals surface area (Å²) in [5, 5.41) is 37.7. The van der Waals surface area contributed by atoms with Crippen molar-refractivity contribution in [3.63, 3.8) is 0 Å². The van der Waals surface area contributed by atoms with Crippen LogP contribution in [0, 0.1) is 0 Å². The van der Waals surface area contributed by atoms with Crippen LogP contribution in [0.4, 0.5) is 0 Å². The van der Waals surface area contributed by atoms with E-state index in [1.54, 1.807) is 11.0 Å². The van der Waals surface area contributed by atoms with Crippen LogP contribution in [0.25, 0.3) is 0 Å². The van der Waals surface area contributed by atoms with Crippen LogP contribution < -0.4 is 0 Å². The van der Waals surface area contributed by atoms with Gasteiger partial charge in [0.25, 0.3) is 0 Å². The summed E-state index contributed by atoms with van der Waals surface area (Å²) in [6.45, 7) is -1.15.